The van der Waals surface area contributed by atoms with E-state index < -0.39 is 6.17 Å². The van der Waals surface area contributed by atoms with Gasteiger partial charge in [-0.2, -0.15) is 0 Å². The minimum Gasteiger partial charge on any atom is -0.361 e. The Morgan fingerprint density at radius 3 is 2.89 bits per heavy atom. The molecule has 4 aromatic rings. The summed E-state index contributed by atoms with van der Waals surface area (Å²) >= 11 is 0. The summed E-state index contributed by atoms with van der Waals surface area (Å²) in [6.07, 6.45) is 3.26. The minimum atomic E-state index is -0.795. The average Bonchev–Trinajstić information content (AvgIpc) is 3.39. The Balaban J connectivity index is 1.76. The van der Waals surface area contributed by atoms with Crippen molar-refractivity contribution in [3.63, 3.8) is 0 Å². The van der Waals surface area contributed by atoms with Crippen LogP contribution in [0.2, 0.25) is 0 Å². The summed E-state index contributed by atoms with van der Waals surface area (Å²) in [6, 6.07) is 7.39. The summed E-state index contributed by atoms with van der Waals surface area (Å²) in [4.78, 5) is 12.9. The number of rotatable bonds is 3. The minimum absolute atomic E-state index is 0.0326. The van der Waals surface area contributed by atoms with E-state index in [0.29, 0.717) is 24.9 Å². The number of nitrogens with zero attached hydrogens (tertiary/aromatic N) is 5. The highest BCUT2D eigenvalue weighted by Gasteiger charge is 2.29. The van der Waals surface area contributed by atoms with Crippen molar-refractivity contribution in [1.29, 1.82) is 0 Å². The van der Waals surface area contributed by atoms with E-state index in [-0.39, 0.29) is 6.04 Å². The Labute approximate surface area is 160 Å². The van der Waals surface area contributed by atoms with Gasteiger partial charge in [0.15, 0.2) is 5.69 Å². The number of imidazole rings is 1. The third kappa shape index (κ3) is 2.73. The maximum absolute atomic E-state index is 14.0. The summed E-state index contributed by atoms with van der Waals surface area (Å²) in [5, 5.41) is 4.97. The van der Waals surface area contributed by atoms with Crippen molar-refractivity contribution in [2.24, 2.45) is 0 Å². The SMILES string of the molecule is [C-]#[N+]c1ccc2ncc3nc(Cc4cc(C)on4)n([C@@H]4CC[C@H](F)C4)c3c2c1. The lowest BCUT2D eigenvalue weighted by Gasteiger charge is -2.17. The molecular formula is C21H18FN5O. The van der Waals surface area contributed by atoms with Crippen molar-refractivity contribution in [3.05, 3.63) is 59.2 Å². The van der Waals surface area contributed by atoms with Crippen molar-refractivity contribution in [2.75, 3.05) is 0 Å². The Morgan fingerprint density at radius 2 is 2.18 bits per heavy atom. The van der Waals surface area contributed by atoms with Crippen molar-refractivity contribution < 1.29 is 8.91 Å². The molecular weight excluding hydrogens is 357 g/mol. The first-order valence-corrected chi connectivity index (χ1v) is 9.35. The first kappa shape index (κ1) is 16.9. The molecule has 1 aromatic carbocycles. The zero-order chi connectivity index (χ0) is 19.3. The summed E-state index contributed by atoms with van der Waals surface area (Å²) < 4.78 is 21.4. The van der Waals surface area contributed by atoms with Crippen LogP contribution in [0.5, 0.6) is 0 Å². The van der Waals surface area contributed by atoms with Gasteiger partial charge in [0.25, 0.3) is 0 Å². The zero-order valence-corrected chi connectivity index (χ0v) is 15.4. The Bertz CT molecular complexity index is 1240. The number of pyridine rings is 1. The van der Waals surface area contributed by atoms with E-state index in [0.717, 1.165) is 45.6 Å². The van der Waals surface area contributed by atoms with Crippen LogP contribution in [-0.2, 0) is 6.42 Å². The molecule has 5 rings (SSSR count). The van der Waals surface area contributed by atoms with Crippen molar-refractivity contribution >= 4 is 27.6 Å². The molecule has 0 spiro atoms. The van der Waals surface area contributed by atoms with E-state index in [9.17, 15) is 4.39 Å². The number of halogens is 1. The quantitative estimate of drug-likeness (QED) is 0.468. The molecule has 0 radical (unpaired) electrons. The predicted molar refractivity (Wildman–Crippen MR) is 103 cm³/mol. The van der Waals surface area contributed by atoms with Crippen LogP contribution in [0.1, 0.15) is 42.6 Å². The maximum Gasteiger partial charge on any atom is 0.188 e. The first-order chi connectivity index (χ1) is 13.6. The fraction of sp³-hybridized carbons (Fsp3) is 0.333. The van der Waals surface area contributed by atoms with E-state index in [1.807, 2.05) is 25.1 Å². The van der Waals surface area contributed by atoms with Gasteiger partial charge in [-0.3, -0.25) is 4.98 Å². The van der Waals surface area contributed by atoms with Gasteiger partial charge in [-0.1, -0.05) is 11.2 Å². The third-order valence-corrected chi connectivity index (χ3v) is 5.42. The van der Waals surface area contributed by atoms with Crippen LogP contribution in [0.3, 0.4) is 0 Å². The molecule has 0 aliphatic heterocycles. The molecule has 140 valence electrons. The van der Waals surface area contributed by atoms with Gasteiger partial charge in [0.2, 0.25) is 0 Å². The molecule has 1 saturated carbocycles. The lowest BCUT2D eigenvalue weighted by molar-refractivity contribution is 0.330. The fourth-order valence-electron chi connectivity index (χ4n) is 4.20. The summed E-state index contributed by atoms with van der Waals surface area (Å²) in [7, 11) is 0. The van der Waals surface area contributed by atoms with Gasteiger partial charge in [0.05, 0.1) is 35.9 Å². The van der Waals surface area contributed by atoms with Crippen LogP contribution >= 0.6 is 0 Å². The number of aromatic nitrogens is 4. The highest BCUT2D eigenvalue weighted by molar-refractivity contribution is 6.03. The third-order valence-electron chi connectivity index (χ3n) is 5.42. The lowest BCUT2D eigenvalue weighted by atomic mass is 10.1. The summed E-state index contributed by atoms with van der Waals surface area (Å²) in [6.45, 7) is 9.20. The van der Waals surface area contributed by atoms with Crippen LogP contribution in [0.15, 0.2) is 35.0 Å². The number of benzene rings is 1. The van der Waals surface area contributed by atoms with Crippen LogP contribution < -0.4 is 0 Å². The van der Waals surface area contributed by atoms with E-state index in [1.165, 1.54) is 0 Å². The smallest absolute Gasteiger partial charge is 0.188 e. The highest BCUT2D eigenvalue weighted by atomic mass is 19.1. The molecule has 7 heteroatoms. The molecule has 3 aromatic heterocycles. The van der Waals surface area contributed by atoms with Crippen molar-refractivity contribution in [2.45, 2.75) is 44.8 Å². The molecule has 0 amide bonds. The largest absolute Gasteiger partial charge is 0.361 e. The topological polar surface area (TPSA) is 61.1 Å². The number of hydrogen-bond donors (Lipinski definition) is 0. The van der Waals surface area contributed by atoms with Crippen LogP contribution in [0, 0.1) is 13.5 Å². The molecule has 0 N–H and O–H groups in total. The second-order valence-electron chi connectivity index (χ2n) is 7.37. The predicted octanol–water partition coefficient (Wildman–Crippen LogP) is 5.09. The number of hydrogen-bond acceptors (Lipinski definition) is 4. The van der Waals surface area contributed by atoms with E-state index in [2.05, 4.69) is 19.6 Å². The van der Waals surface area contributed by atoms with E-state index >= 15 is 0 Å². The number of aryl methyl sites for hydroxylation is 1. The molecule has 6 nitrogen and oxygen atoms in total. The molecule has 0 saturated heterocycles. The Hall–Kier alpha value is -3.27. The van der Waals surface area contributed by atoms with Gasteiger partial charge >= 0.3 is 0 Å². The van der Waals surface area contributed by atoms with Crippen LogP contribution in [0.4, 0.5) is 10.1 Å². The molecule has 0 unspecified atom stereocenters. The second-order valence-corrected chi connectivity index (χ2v) is 7.37. The zero-order valence-electron chi connectivity index (χ0n) is 15.4. The maximum atomic E-state index is 14.0. The number of alkyl halides is 1. The average molecular weight is 375 g/mol. The van der Waals surface area contributed by atoms with Gasteiger partial charge in [-0.05, 0) is 38.3 Å². The molecule has 3 heterocycles. The van der Waals surface area contributed by atoms with Crippen LogP contribution in [0.25, 0.3) is 26.8 Å². The lowest BCUT2D eigenvalue weighted by Crippen LogP contribution is -2.11. The fourth-order valence-corrected chi connectivity index (χ4v) is 4.20. The summed E-state index contributed by atoms with van der Waals surface area (Å²) in [5.41, 5.74) is 3.83. The first-order valence-electron chi connectivity index (χ1n) is 9.35. The van der Waals surface area contributed by atoms with Gasteiger partial charge in [-0.25, -0.2) is 14.2 Å². The van der Waals surface area contributed by atoms with Gasteiger partial charge in [0.1, 0.15) is 23.3 Å². The molecule has 1 fully saturated rings. The highest BCUT2D eigenvalue weighted by Crippen LogP contribution is 2.38. The van der Waals surface area contributed by atoms with E-state index in [1.54, 1.807) is 12.3 Å². The molecule has 1 aliphatic rings. The normalized spacial score (nSPS) is 19.5. The number of fused-ring (bicyclic) bond motifs is 3. The summed E-state index contributed by atoms with van der Waals surface area (Å²) in [5.74, 6) is 1.57. The molecule has 2 atom stereocenters. The van der Waals surface area contributed by atoms with Crippen LogP contribution in [-0.4, -0.2) is 25.9 Å². The Kier molecular flexibility index (Phi) is 3.86. The van der Waals surface area contributed by atoms with Gasteiger partial charge in [-0.15, -0.1) is 0 Å². The van der Waals surface area contributed by atoms with Crippen molar-refractivity contribution in [1.82, 2.24) is 19.7 Å². The van der Waals surface area contributed by atoms with E-state index in [4.69, 9.17) is 16.1 Å². The molecule has 28 heavy (non-hydrogen) atoms. The standard InChI is InChI=1S/C21H18FN5O/c1-12-7-15(26-28-12)10-20-25-19-11-24-18-6-4-14(23-2)9-17(18)21(19)27(20)16-5-3-13(22)8-16/h4,6-7,9,11,13,16H,3,5,8,10H2,1H3/t13-,16+/m0/s1. The Morgan fingerprint density at radius 1 is 1.29 bits per heavy atom. The van der Waals surface area contributed by atoms with Gasteiger partial charge in [0, 0.05) is 17.5 Å². The monoisotopic (exact) mass is 375 g/mol. The second kappa shape index (κ2) is 6.41. The van der Waals surface area contributed by atoms with Crippen molar-refractivity contribution in [3.8, 4) is 0 Å². The molecule has 1 aliphatic carbocycles. The van der Waals surface area contributed by atoms with Gasteiger partial charge < -0.3 is 9.09 Å². The molecule has 0 bridgehead atoms.